The Morgan fingerprint density at radius 2 is 2.21 bits per heavy atom. The number of methoxy groups -OCH3 is 1. The molecule has 1 atom stereocenters. The Labute approximate surface area is 123 Å². The van der Waals surface area contributed by atoms with Crippen LogP contribution in [0.15, 0.2) is 35.0 Å². The summed E-state index contributed by atoms with van der Waals surface area (Å²) in [5.74, 6) is 0.865. The summed E-state index contributed by atoms with van der Waals surface area (Å²) in [5.41, 5.74) is 2.33. The van der Waals surface area contributed by atoms with Gasteiger partial charge >= 0.3 is 0 Å². The van der Waals surface area contributed by atoms with Crippen LogP contribution in [0.4, 0.5) is 0 Å². The lowest BCUT2D eigenvalue weighted by Crippen LogP contribution is -2.23. The van der Waals surface area contributed by atoms with Crippen molar-refractivity contribution < 1.29 is 4.74 Å². The first-order valence-corrected chi connectivity index (χ1v) is 7.67. The molecular weight excluding hydrogens is 278 g/mol. The van der Waals surface area contributed by atoms with E-state index in [0.717, 1.165) is 29.3 Å². The second-order valence-corrected chi connectivity index (χ2v) is 5.55. The SMILES string of the molecule is CCCNC(c1ccsc1)c1cc(Cl)ccc1OC. The third-order valence-corrected chi connectivity index (χ3v) is 3.91. The number of rotatable bonds is 6. The average molecular weight is 296 g/mol. The topological polar surface area (TPSA) is 21.3 Å². The van der Waals surface area contributed by atoms with Crippen molar-refractivity contribution in [2.45, 2.75) is 19.4 Å². The Kier molecular flexibility index (Phi) is 5.25. The summed E-state index contributed by atoms with van der Waals surface area (Å²) in [5, 5.41) is 8.54. The molecule has 0 aliphatic heterocycles. The summed E-state index contributed by atoms with van der Waals surface area (Å²) < 4.78 is 5.46. The molecule has 0 bridgehead atoms. The lowest BCUT2D eigenvalue weighted by atomic mass is 10.00. The minimum Gasteiger partial charge on any atom is -0.496 e. The van der Waals surface area contributed by atoms with Crippen LogP contribution in [0, 0.1) is 0 Å². The van der Waals surface area contributed by atoms with E-state index in [4.69, 9.17) is 16.3 Å². The first-order chi connectivity index (χ1) is 9.26. The second-order valence-electron chi connectivity index (χ2n) is 4.33. The zero-order chi connectivity index (χ0) is 13.7. The highest BCUT2D eigenvalue weighted by Gasteiger charge is 2.18. The van der Waals surface area contributed by atoms with E-state index in [-0.39, 0.29) is 6.04 Å². The van der Waals surface area contributed by atoms with Crippen molar-refractivity contribution in [2.24, 2.45) is 0 Å². The van der Waals surface area contributed by atoms with Gasteiger partial charge in [-0.15, -0.1) is 0 Å². The molecule has 19 heavy (non-hydrogen) atoms. The maximum absolute atomic E-state index is 6.13. The highest BCUT2D eigenvalue weighted by Crippen LogP contribution is 2.33. The van der Waals surface area contributed by atoms with Crippen LogP contribution in [0.2, 0.25) is 5.02 Å². The predicted octanol–water partition coefficient (Wildman–Crippen LogP) is 4.50. The van der Waals surface area contributed by atoms with E-state index >= 15 is 0 Å². The normalized spacial score (nSPS) is 12.4. The Hall–Kier alpha value is -1.03. The van der Waals surface area contributed by atoms with Crippen LogP contribution in [0.3, 0.4) is 0 Å². The minimum atomic E-state index is 0.125. The number of thiophene rings is 1. The molecule has 2 nitrogen and oxygen atoms in total. The van der Waals surface area contributed by atoms with Gasteiger partial charge in [-0.2, -0.15) is 11.3 Å². The molecule has 2 rings (SSSR count). The highest BCUT2D eigenvalue weighted by atomic mass is 35.5. The number of nitrogens with one attached hydrogen (secondary N) is 1. The van der Waals surface area contributed by atoms with Crippen LogP contribution in [0.25, 0.3) is 0 Å². The van der Waals surface area contributed by atoms with E-state index in [1.54, 1.807) is 18.4 Å². The van der Waals surface area contributed by atoms with Crippen LogP contribution in [-0.2, 0) is 0 Å². The van der Waals surface area contributed by atoms with Gasteiger partial charge in [0.25, 0.3) is 0 Å². The van der Waals surface area contributed by atoms with Crippen molar-refractivity contribution in [2.75, 3.05) is 13.7 Å². The van der Waals surface area contributed by atoms with Crippen molar-refractivity contribution in [1.82, 2.24) is 5.32 Å². The van der Waals surface area contributed by atoms with Gasteiger partial charge in [0.1, 0.15) is 5.75 Å². The van der Waals surface area contributed by atoms with E-state index < -0.39 is 0 Å². The summed E-state index contributed by atoms with van der Waals surface area (Å²) in [6, 6.07) is 8.02. The minimum absolute atomic E-state index is 0.125. The van der Waals surface area contributed by atoms with Gasteiger partial charge in [0.05, 0.1) is 13.2 Å². The molecular formula is C15H18ClNOS. The maximum atomic E-state index is 6.13. The molecule has 4 heteroatoms. The molecule has 0 aliphatic rings. The van der Waals surface area contributed by atoms with Gasteiger partial charge in [-0.3, -0.25) is 0 Å². The molecule has 0 aliphatic carbocycles. The third kappa shape index (κ3) is 3.50. The number of hydrogen-bond acceptors (Lipinski definition) is 3. The lowest BCUT2D eigenvalue weighted by molar-refractivity contribution is 0.404. The lowest BCUT2D eigenvalue weighted by Gasteiger charge is -2.21. The van der Waals surface area contributed by atoms with Crippen LogP contribution < -0.4 is 10.1 Å². The quantitative estimate of drug-likeness (QED) is 0.847. The number of hydrogen-bond donors (Lipinski definition) is 1. The Balaban J connectivity index is 2.39. The molecule has 0 fully saturated rings. The molecule has 0 amide bonds. The molecule has 1 N–H and O–H groups in total. The smallest absolute Gasteiger partial charge is 0.124 e. The summed E-state index contributed by atoms with van der Waals surface area (Å²) in [6.07, 6.45) is 1.09. The number of benzene rings is 1. The number of halogens is 1. The standard InChI is InChI=1S/C15H18ClNOS/c1-3-7-17-15(11-6-8-19-10-11)13-9-12(16)4-5-14(13)18-2/h4-6,8-10,15,17H,3,7H2,1-2H3. The van der Waals surface area contributed by atoms with Crippen LogP contribution >= 0.6 is 22.9 Å². The average Bonchev–Trinajstić information content (AvgIpc) is 2.93. The fourth-order valence-electron chi connectivity index (χ4n) is 2.07. The Bertz CT molecular complexity index is 513. The Morgan fingerprint density at radius 3 is 2.84 bits per heavy atom. The molecule has 0 spiro atoms. The summed E-state index contributed by atoms with van der Waals surface area (Å²) in [6.45, 7) is 3.11. The highest BCUT2D eigenvalue weighted by molar-refractivity contribution is 7.08. The van der Waals surface area contributed by atoms with Crippen molar-refractivity contribution in [3.8, 4) is 5.75 Å². The second kappa shape index (κ2) is 6.94. The predicted molar refractivity (Wildman–Crippen MR) is 82.5 cm³/mol. The third-order valence-electron chi connectivity index (χ3n) is 2.98. The zero-order valence-electron chi connectivity index (χ0n) is 11.2. The van der Waals surface area contributed by atoms with E-state index in [2.05, 4.69) is 29.1 Å². The fraction of sp³-hybridized carbons (Fsp3) is 0.333. The molecule has 0 saturated carbocycles. The molecule has 1 heterocycles. The van der Waals surface area contributed by atoms with E-state index in [1.165, 1.54) is 5.56 Å². The van der Waals surface area contributed by atoms with Gasteiger partial charge in [-0.25, -0.2) is 0 Å². The summed E-state index contributed by atoms with van der Waals surface area (Å²) in [7, 11) is 1.69. The van der Waals surface area contributed by atoms with Gasteiger partial charge in [0.2, 0.25) is 0 Å². The molecule has 0 saturated heterocycles. The molecule has 1 unspecified atom stereocenters. The summed E-state index contributed by atoms with van der Waals surface area (Å²) >= 11 is 7.83. The van der Waals surface area contributed by atoms with Crippen molar-refractivity contribution in [1.29, 1.82) is 0 Å². The van der Waals surface area contributed by atoms with E-state index in [9.17, 15) is 0 Å². The van der Waals surface area contributed by atoms with Gasteiger partial charge in [-0.1, -0.05) is 18.5 Å². The van der Waals surface area contributed by atoms with Crippen LogP contribution in [0.5, 0.6) is 5.75 Å². The van der Waals surface area contributed by atoms with Gasteiger partial charge in [-0.05, 0) is 53.6 Å². The molecule has 102 valence electrons. The largest absolute Gasteiger partial charge is 0.496 e. The maximum Gasteiger partial charge on any atom is 0.124 e. The van der Waals surface area contributed by atoms with Gasteiger partial charge < -0.3 is 10.1 Å². The molecule has 2 aromatic rings. The number of ether oxygens (including phenoxy) is 1. The van der Waals surface area contributed by atoms with Gasteiger partial charge in [0, 0.05) is 10.6 Å². The molecule has 1 aromatic carbocycles. The Morgan fingerprint density at radius 1 is 1.37 bits per heavy atom. The van der Waals surface area contributed by atoms with Crippen molar-refractivity contribution in [3.05, 3.63) is 51.2 Å². The van der Waals surface area contributed by atoms with Crippen molar-refractivity contribution >= 4 is 22.9 Å². The first-order valence-electron chi connectivity index (χ1n) is 6.35. The first kappa shape index (κ1) is 14.4. The fourth-order valence-corrected chi connectivity index (χ4v) is 2.93. The molecule has 1 aromatic heterocycles. The van der Waals surface area contributed by atoms with Gasteiger partial charge in [0.15, 0.2) is 0 Å². The van der Waals surface area contributed by atoms with E-state index in [0.29, 0.717) is 0 Å². The zero-order valence-corrected chi connectivity index (χ0v) is 12.7. The summed E-state index contributed by atoms with van der Waals surface area (Å²) in [4.78, 5) is 0. The van der Waals surface area contributed by atoms with Crippen LogP contribution in [0.1, 0.15) is 30.5 Å². The van der Waals surface area contributed by atoms with Crippen molar-refractivity contribution in [3.63, 3.8) is 0 Å². The molecule has 0 radical (unpaired) electrons. The van der Waals surface area contributed by atoms with Crippen LogP contribution in [-0.4, -0.2) is 13.7 Å². The monoisotopic (exact) mass is 295 g/mol. The van der Waals surface area contributed by atoms with E-state index in [1.807, 2.05) is 18.2 Å².